The maximum Gasteiger partial charge on any atom is 0.258 e. The molecule has 2 aliphatic rings. The molecule has 3 aromatic heterocycles. The first kappa shape index (κ1) is 26.5. The first-order valence-corrected chi connectivity index (χ1v) is 14.0. The van der Waals surface area contributed by atoms with Crippen molar-refractivity contribution in [3.05, 3.63) is 60.4 Å². The Bertz CT molecular complexity index is 1630. The molecule has 0 atom stereocenters. The van der Waals surface area contributed by atoms with Gasteiger partial charge in [-0.1, -0.05) is 12.6 Å². The maximum absolute atomic E-state index is 13.6. The van der Waals surface area contributed by atoms with Gasteiger partial charge in [-0.2, -0.15) is 5.10 Å². The van der Waals surface area contributed by atoms with Crippen molar-refractivity contribution in [2.75, 3.05) is 43.0 Å². The van der Waals surface area contributed by atoms with Crippen molar-refractivity contribution < 1.29 is 14.3 Å². The lowest BCUT2D eigenvalue weighted by molar-refractivity contribution is -0.126. The van der Waals surface area contributed by atoms with Gasteiger partial charge >= 0.3 is 0 Å². The number of benzene rings is 1. The van der Waals surface area contributed by atoms with Gasteiger partial charge in [-0.3, -0.25) is 19.9 Å². The molecule has 2 bridgehead atoms. The van der Waals surface area contributed by atoms with Crippen LogP contribution in [0.1, 0.15) is 35.3 Å². The van der Waals surface area contributed by atoms with E-state index in [1.54, 1.807) is 23.0 Å². The third kappa shape index (κ3) is 5.15. The van der Waals surface area contributed by atoms with Gasteiger partial charge in [0.2, 0.25) is 17.7 Å². The van der Waals surface area contributed by atoms with E-state index in [-0.39, 0.29) is 11.8 Å². The molecular weight excluding hydrogens is 520 g/mol. The number of ether oxygens (including phenoxy) is 1. The molecule has 1 fully saturated rings. The van der Waals surface area contributed by atoms with Crippen molar-refractivity contribution in [1.29, 1.82) is 0 Å². The van der Waals surface area contributed by atoms with Crippen LogP contribution >= 0.6 is 0 Å². The zero-order chi connectivity index (χ0) is 28.5. The third-order valence-electron chi connectivity index (χ3n) is 7.72. The number of fused-ring (bicyclic) bond motifs is 7. The number of para-hydroxylation sites is 1. The number of aromatic nitrogens is 5. The van der Waals surface area contributed by atoms with Crippen LogP contribution in [0.2, 0.25) is 0 Å². The number of nitrogens with one attached hydrogen (secondary N) is 1. The second kappa shape index (κ2) is 11.1. The SMILES string of the molecule is C=CC(=O)N1CCN(c2cccc3nc4n(c23)CCCCCOc2c(cnn2C)-c2cc(cc(C)n2)C(=O)N4)CC1. The van der Waals surface area contributed by atoms with Crippen LogP contribution in [-0.4, -0.2) is 73.8 Å². The Balaban J connectivity index is 1.38. The van der Waals surface area contributed by atoms with Crippen molar-refractivity contribution in [3.63, 3.8) is 0 Å². The van der Waals surface area contributed by atoms with Gasteiger partial charge in [0.25, 0.3) is 5.91 Å². The summed E-state index contributed by atoms with van der Waals surface area (Å²) in [4.78, 5) is 39.4. The Morgan fingerprint density at radius 1 is 1.07 bits per heavy atom. The fourth-order valence-electron chi connectivity index (χ4n) is 5.63. The van der Waals surface area contributed by atoms with Crippen molar-refractivity contribution in [3.8, 4) is 17.1 Å². The van der Waals surface area contributed by atoms with Gasteiger partial charge in [-0.05, 0) is 56.5 Å². The fraction of sp³-hybridized carbons (Fsp3) is 0.367. The number of carbonyl (C=O) groups is 2. The molecule has 11 nitrogen and oxygen atoms in total. The number of piperazine rings is 1. The van der Waals surface area contributed by atoms with Gasteiger partial charge in [0.1, 0.15) is 0 Å². The van der Waals surface area contributed by atoms with Crippen LogP contribution < -0.4 is 15.0 Å². The fourth-order valence-corrected chi connectivity index (χ4v) is 5.63. The van der Waals surface area contributed by atoms with Gasteiger partial charge in [-0.25, -0.2) is 9.67 Å². The number of anilines is 2. The predicted octanol–water partition coefficient (Wildman–Crippen LogP) is 3.79. The molecule has 0 radical (unpaired) electrons. The lowest BCUT2D eigenvalue weighted by Gasteiger charge is -2.36. The molecular formula is C30H34N8O3. The van der Waals surface area contributed by atoms with Crippen LogP contribution in [-0.2, 0) is 18.4 Å². The normalized spacial score (nSPS) is 16.2. The van der Waals surface area contributed by atoms with Crippen molar-refractivity contribution in [2.24, 2.45) is 7.05 Å². The average Bonchev–Trinajstić information content (AvgIpc) is 3.52. The number of aryl methyl sites for hydroxylation is 3. The Labute approximate surface area is 238 Å². The van der Waals surface area contributed by atoms with Gasteiger partial charge in [-0.15, -0.1) is 0 Å². The number of hydrogen-bond donors (Lipinski definition) is 1. The summed E-state index contributed by atoms with van der Waals surface area (Å²) in [5.41, 5.74) is 5.45. The highest BCUT2D eigenvalue weighted by atomic mass is 16.5. The van der Waals surface area contributed by atoms with Crippen LogP contribution in [0.15, 0.2) is 49.2 Å². The highest BCUT2D eigenvalue weighted by Gasteiger charge is 2.25. The average molecular weight is 555 g/mol. The minimum atomic E-state index is -0.257. The molecule has 1 N–H and O–H groups in total. The first-order chi connectivity index (χ1) is 19.9. The second-order valence-electron chi connectivity index (χ2n) is 10.5. The molecule has 0 saturated carbocycles. The summed E-state index contributed by atoms with van der Waals surface area (Å²) in [7, 11) is 1.84. The highest BCUT2D eigenvalue weighted by Crippen LogP contribution is 2.33. The van der Waals surface area contributed by atoms with Gasteiger partial charge < -0.3 is 19.1 Å². The predicted molar refractivity (Wildman–Crippen MR) is 157 cm³/mol. The molecule has 2 amide bonds. The van der Waals surface area contributed by atoms with Crippen LogP contribution in [0.5, 0.6) is 5.88 Å². The minimum absolute atomic E-state index is 0.0419. The molecule has 11 heteroatoms. The number of amides is 2. The summed E-state index contributed by atoms with van der Waals surface area (Å²) >= 11 is 0. The van der Waals surface area contributed by atoms with E-state index in [0.717, 1.165) is 47.2 Å². The van der Waals surface area contributed by atoms with Crippen LogP contribution in [0, 0.1) is 6.92 Å². The van der Waals surface area contributed by atoms with E-state index in [1.807, 2.05) is 31.0 Å². The second-order valence-corrected chi connectivity index (χ2v) is 10.5. The zero-order valence-electron chi connectivity index (χ0n) is 23.5. The molecule has 0 aliphatic carbocycles. The number of nitrogens with zero attached hydrogens (tertiary/aromatic N) is 7. The minimum Gasteiger partial charge on any atom is -0.477 e. The smallest absolute Gasteiger partial charge is 0.258 e. The Hall–Kier alpha value is -4.67. The standard InChI is InChI=1S/C30H34N8O3/c1-4-26(39)37-14-12-36(13-15-37)25-10-8-9-23-27(25)38-11-6-5-7-16-41-29-22(19-31-35(29)3)24-18-21(17-20(2)32-24)28(40)34-30(38)33-23/h4,8-10,17-19H,1,5-7,11-16H2,2-3H3,(H,33,34,40). The lowest BCUT2D eigenvalue weighted by atomic mass is 10.1. The topological polar surface area (TPSA) is 110 Å². The molecule has 6 rings (SSSR count). The number of pyridine rings is 1. The summed E-state index contributed by atoms with van der Waals surface area (Å²) in [6, 6.07) is 9.62. The highest BCUT2D eigenvalue weighted by molar-refractivity contribution is 6.05. The number of carbonyl (C=O) groups excluding carboxylic acids is 2. The third-order valence-corrected chi connectivity index (χ3v) is 7.72. The molecule has 1 saturated heterocycles. The molecule has 0 unspecified atom stereocenters. The largest absolute Gasteiger partial charge is 0.477 e. The Kier molecular flexibility index (Phi) is 7.17. The quantitative estimate of drug-likeness (QED) is 0.376. The Morgan fingerprint density at radius 2 is 1.90 bits per heavy atom. The van der Waals surface area contributed by atoms with Gasteiger partial charge in [0, 0.05) is 51.0 Å². The van der Waals surface area contributed by atoms with Crippen molar-refractivity contribution in [1.82, 2.24) is 29.2 Å². The summed E-state index contributed by atoms with van der Waals surface area (Å²) in [5.74, 6) is 0.859. The number of imidazole rings is 1. The van der Waals surface area contributed by atoms with Gasteiger partial charge in [0.05, 0.1) is 40.8 Å². The number of hydrogen-bond acceptors (Lipinski definition) is 7. The lowest BCUT2D eigenvalue weighted by Crippen LogP contribution is -2.48. The summed E-state index contributed by atoms with van der Waals surface area (Å²) in [5, 5.41) is 7.47. The zero-order valence-corrected chi connectivity index (χ0v) is 23.5. The molecule has 1 aromatic carbocycles. The Morgan fingerprint density at radius 3 is 2.71 bits per heavy atom. The molecule has 5 heterocycles. The van der Waals surface area contributed by atoms with E-state index < -0.39 is 0 Å². The molecule has 41 heavy (non-hydrogen) atoms. The first-order valence-electron chi connectivity index (χ1n) is 14.0. The van der Waals surface area contributed by atoms with Crippen LogP contribution in [0.3, 0.4) is 0 Å². The van der Waals surface area contributed by atoms with E-state index >= 15 is 0 Å². The molecule has 4 aromatic rings. The molecule has 2 aliphatic heterocycles. The van der Waals surface area contributed by atoms with E-state index in [4.69, 9.17) is 9.72 Å². The molecule has 212 valence electrons. The van der Waals surface area contributed by atoms with E-state index in [0.29, 0.717) is 62.4 Å². The number of rotatable bonds is 2. The van der Waals surface area contributed by atoms with Crippen molar-refractivity contribution in [2.45, 2.75) is 32.7 Å². The monoisotopic (exact) mass is 554 g/mol. The van der Waals surface area contributed by atoms with E-state index in [2.05, 4.69) is 37.5 Å². The van der Waals surface area contributed by atoms with Crippen molar-refractivity contribution >= 4 is 34.5 Å². The van der Waals surface area contributed by atoms with Crippen LogP contribution in [0.25, 0.3) is 22.3 Å². The summed E-state index contributed by atoms with van der Waals surface area (Å²) in [6.45, 7) is 9.40. The summed E-state index contributed by atoms with van der Waals surface area (Å²) < 4.78 is 9.98. The van der Waals surface area contributed by atoms with E-state index in [9.17, 15) is 9.59 Å². The maximum atomic E-state index is 13.6. The van der Waals surface area contributed by atoms with Crippen LogP contribution in [0.4, 0.5) is 11.6 Å². The molecule has 0 spiro atoms. The summed E-state index contributed by atoms with van der Waals surface area (Å²) in [6.07, 6.45) is 5.80. The van der Waals surface area contributed by atoms with E-state index in [1.165, 1.54) is 6.08 Å². The van der Waals surface area contributed by atoms with Gasteiger partial charge in [0.15, 0.2) is 0 Å².